The summed E-state index contributed by atoms with van der Waals surface area (Å²) in [4.78, 5) is 14.0. The predicted octanol–water partition coefficient (Wildman–Crippen LogP) is 1.43. The number of nitrogens with zero attached hydrogens (tertiary/aromatic N) is 7. The number of pyridine rings is 1. The summed E-state index contributed by atoms with van der Waals surface area (Å²) in [6.07, 6.45) is 5.46. The molecule has 0 atom stereocenters. The van der Waals surface area contributed by atoms with Gasteiger partial charge >= 0.3 is 0 Å². The van der Waals surface area contributed by atoms with Gasteiger partial charge in [0, 0.05) is 71.6 Å². The van der Waals surface area contributed by atoms with Gasteiger partial charge < -0.3 is 24.4 Å². The number of aromatic nitrogens is 4. The van der Waals surface area contributed by atoms with Gasteiger partial charge in [0.2, 0.25) is 0 Å². The molecule has 164 valence electrons. The van der Waals surface area contributed by atoms with E-state index in [-0.39, 0.29) is 0 Å². The molecule has 2 aromatic heterocycles. The predicted molar refractivity (Wildman–Crippen MR) is 119 cm³/mol. The summed E-state index contributed by atoms with van der Waals surface area (Å²) < 4.78 is 7.54. The maximum Gasteiger partial charge on any atom is 0.194 e. The van der Waals surface area contributed by atoms with Crippen LogP contribution in [0, 0.1) is 0 Å². The molecule has 0 saturated carbocycles. The number of rotatable bonds is 10. The van der Waals surface area contributed by atoms with E-state index >= 15 is 0 Å². The fourth-order valence-electron chi connectivity index (χ4n) is 3.48. The topological polar surface area (TPSA) is 83.7 Å². The van der Waals surface area contributed by atoms with Crippen LogP contribution in [-0.2, 0) is 17.7 Å². The number of hydrogen-bond donors (Lipinski definition) is 1. The van der Waals surface area contributed by atoms with Crippen LogP contribution in [0.25, 0.3) is 0 Å². The highest BCUT2D eigenvalue weighted by Crippen LogP contribution is 2.12. The third kappa shape index (κ3) is 6.41. The summed E-state index contributed by atoms with van der Waals surface area (Å²) in [5.41, 5.74) is 0. The molecule has 1 N–H and O–H groups in total. The lowest BCUT2D eigenvalue weighted by molar-refractivity contribution is 0.146. The molecule has 9 heteroatoms. The molecule has 1 fully saturated rings. The van der Waals surface area contributed by atoms with Crippen molar-refractivity contribution in [1.82, 2.24) is 30.0 Å². The van der Waals surface area contributed by atoms with Crippen molar-refractivity contribution in [3.63, 3.8) is 0 Å². The lowest BCUT2D eigenvalue weighted by atomic mass is 10.3. The molecule has 0 unspecified atom stereocenters. The molecule has 1 aliphatic rings. The van der Waals surface area contributed by atoms with Crippen LogP contribution in [0.15, 0.2) is 35.7 Å². The third-order valence-corrected chi connectivity index (χ3v) is 5.11. The first-order valence-electron chi connectivity index (χ1n) is 11.0. The molecule has 1 saturated heterocycles. The Hall–Kier alpha value is -2.68. The second-order valence-corrected chi connectivity index (χ2v) is 7.14. The molecule has 9 nitrogen and oxygen atoms in total. The summed E-state index contributed by atoms with van der Waals surface area (Å²) in [7, 11) is 0. The number of aliphatic imine (C=N–C) groups is 1. The maximum atomic E-state index is 5.45. The molecule has 2 aromatic rings. The zero-order valence-corrected chi connectivity index (χ0v) is 18.2. The Morgan fingerprint density at radius 1 is 1.20 bits per heavy atom. The zero-order chi connectivity index (χ0) is 21.0. The quantitative estimate of drug-likeness (QED) is 0.358. The fourth-order valence-corrected chi connectivity index (χ4v) is 3.48. The van der Waals surface area contributed by atoms with Gasteiger partial charge in [-0.25, -0.2) is 4.98 Å². The van der Waals surface area contributed by atoms with Crippen LogP contribution in [0.3, 0.4) is 0 Å². The highest BCUT2D eigenvalue weighted by atomic mass is 16.5. The first-order valence-corrected chi connectivity index (χ1v) is 11.0. The van der Waals surface area contributed by atoms with Crippen LogP contribution in [-0.4, -0.2) is 83.1 Å². The number of hydrogen-bond acceptors (Lipinski definition) is 6. The van der Waals surface area contributed by atoms with Crippen molar-refractivity contribution < 1.29 is 4.74 Å². The number of piperazine rings is 1. The highest BCUT2D eigenvalue weighted by Gasteiger charge is 2.20. The summed E-state index contributed by atoms with van der Waals surface area (Å²) in [6, 6.07) is 6.06. The van der Waals surface area contributed by atoms with Crippen LogP contribution in [0.5, 0.6) is 0 Å². The van der Waals surface area contributed by atoms with Crippen molar-refractivity contribution in [3.8, 4) is 0 Å². The van der Waals surface area contributed by atoms with Gasteiger partial charge in [0.05, 0.1) is 0 Å². The van der Waals surface area contributed by atoms with Gasteiger partial charge in [-0.2, -0.15) is 0 Å². The number of nitrogens with one attached hydrogen (secondary N) is 1. The van der Waals surface area contributed by atoms with Crippen LogP contribution in [0.4, 0.5) is 5.82 Å². The minimum absolute atomic E-state index is 0.751. The van der Waals surface area contributed by atoms with Crippen molar-refractivity contribution in [2.45, 2.75) is 33.2 Å². The number of aryl methyl sites for hydroxylation is 1. The van der Waals surface area contributed by atoms with Gasteiger partial charge in [-0.3, -0.25) is 4.99 Å². The summed E-state index contributed by atoms with van der Waals surface area (Å²) in [5, 5.41) is 11.7. The molecule has 0 bridgehead atoms. The zero-order valence-electron chi connectivity index (χ0n) is 18.2. The van der Waals surface area contributed by atoms with Crippen molar-refractivity contribution >= 4 is 11.8 Å². The molecule has 0 radical (unpaired) electrons. The van der Waals surface area contributed by atoms with E-state index in [9.17, 15) is 0 Å². The first kappa shape index (κ1) is 22.0. The standard InChI is InChI=1S/C21H34N8O/c1-3-19-26-25-18-29(19)12-11-24-21(23-10-7-17-30-4-2)28-15-13-27(14-16-28)20-8-5-6-9-22-20/h5-6,8-9,18H,3-4,7,10-17H2,1-2H3,(H,23,24). The average molecular weight is 415 g/mol. The van der Waals surface area contributed by atoms with Crippen molar-refractivity contribution in [2.75, 3.05) is 57.4 Å². The van der Waals surface area contributed by atoms with Gasteiger partial charge in [0.1, 0.15) is 18.0 Å². The van der Waals surface area contributed by atoms with E-state index in [4.69, 9.17) is 9.73 Å². The lowest BCUT2D eigenvalue weighted by Crippen LogP contribution is -2.53. The molecule has 0 aromatic carbocycles. The number of guanidine groups is 1. The van der Waals surface area contributed by atoms with E-state index in [2.05, 4.69) is 47.9 Å². The minimum atomic E-state index is 0.751. The minimum Gasteiger partial charge on any atom is -0.382 e. The Kier molecular flexibility index (Phi) is 8.89. The lowest BCUT2D eigenvalue weighted by Gasteiger charge is -2.37. The van der Waals surface area contributed by atoms with Crippen LogP contribution >= 0.6 is 0 Å². The highest BCUT2D eigenvalue weighted by molar-refractivity contribution is 5.80. The Bertz CT molecular complexity index is 755. The Balaban J connectivity index is 1.54. The van der Waals surface area contributed by atoms with E-state index in [0.717, 1.165) is 89.5 Å². The van der Waals surface area contributed by atoms with Gasteiger partial charge in [-0.15, -0.1) is 10.2 Å². The van der Waals surface area contributed by atoms with Gasteiger partial charge in [0.25, 0.3) is 0 Å². The van der Waals surface area contributed by atoms with E-state index in [1.54, 1.807) is 6.33 Å². The van der Waals surface area contributed by atoms with E-state index in [0.29, 0.717) is 0 Å². The van der Waals surface area contributed by atoms with Crippen molar-refractivity contribution in [2.24, 2.45) is 4.99 Å². The normalized spacial score (nSPS) is 14.9. The second kappa shape index (κ2) is 12.1. The SMILES string of the molecule is CCOCCCN=C(NCCn1cnnc1CC)N1CCN(c2ccccn2)CC1. The molecule has 0 amide bonds. The summed E-state index contributed by atoms with van der Waals surface area (Å²) in [5.74, 6) is 3.02. The molecule has 1 aliphatic heterocycles. The molecule has 0 spiro atoms. The molecule has 3 rings (SSSR count). The van der Waals surface area contributed by atoms with Gasteiger partial charge in [-0.1, -0.05) is 13.0 Å². The second-order valence-electron chi connectivity index (χ2n) is 7.14. The Morgan fingerprint density at radius 3 is 2.80 bits per heavy atom. The van der Waals surface area contributed by atoms with Crippen LogP contribution in [0.2, 0.25) is 0 Å². The third-order valence-electron chi connectivity index (χ3n) is 5.11. The fraction of sp³-hybridized carbons (Fsp3) is 0.619. The molecule has 0 aliphatic carbocycles. The number of ether oxygens (including phenoxy) is 1. The Morgan fingerprint density at radius 2 is 2.07 bits per heavy atom. The first-order chi connectivity index (χ1) is 14.8. The van der Waals surface area contributed by atoms with E-state index in [1.807, 2.05) is 25.3 Å². The molecule has 3 heterocycles. The van der Waals surface area contributed by atoms with Gasteiger partial charge in [0.15, 0.2) is 5.96 Å². The van der Waals surface area contributed by atoms with Crippen molar-refractivity contribution in [1.29, 1.82) is 0 Å². The molecular weight excluding hydrogens is 380 g/mol. The molecule has 30 heavy (non-hydrogen) atoms. The maximum absolute atomic E-state index is 5.45. The summed E-state index contributed by atoms with van der Waals surface area (Å²) in [6.45, 7) is 11.7. The Labute approximate surface area is 179 Å². The van der Waals surface area contributed by atoms with Crippen LogP contribution in [0.1, 0.15) is 26.1 Å². The summed E-state index contributed by atoms with van der Waals surface area (Å²) >= 11 is 0. The van der Waals surface area contributed by atoms with Crippen molar-refractivity contribution in [3.05, 3.63) is 36.5 Å². The van der Waals surface area contributed by atoms with E-state index < -0.39 is 0 Å². The average Bonchev–Trinajstić information content (AvgIpc) is 3.26. The largest absolute Gasteiger partial charge is 0.382 e. The number of anilines is 1. The van der Waals surface area contributed by atoms with Crippen LogP contribution < -0.4 is 10.2 Å². The van der Waals surface area contributed by atoms with Gasteiger partial charge in [-0.05, 0) is 25.5 Å². The van der Waals surface area contributed by atoms with E-state index in [1.165, 1.54) is 0 Å². The smallest absolute Gasteiger partial charge is 0.194 e. The molecular formula is C21H34N8O. The monoisotopic (exact) mass is 414 g/mol.